The van der Waals surface area contributed by atoms with Crippen molar-refractivity contribution in [1.82, 2.24) is 5.32 Å². The van der Waals surface area contributed by atoms with Crippen LogP contribution in [0.5, 0.6) is 0 Å². The van der Waals surface area contributed by atoms with Crippen LogP contribution in [0.15, 0.2) is 0 Å². The molecule has 114 valence electrons. The van der Waals surface area contributed by atoms with Crippen LogP contribution in [-0.4, -0.2) is 42.9 Å². The quantitative estimate of drug-likeness (QED) is 0.794. The third-order valence-corrected chi connectivity index (χ3v) is 6.05. The largest absolute Gasteiger partial charge is 0.481 e. The summed E-state index contributed by atoms with van der Waals surface area (Å²) in [6.07, 6.45) is 3.98. The lowest BCUT2D eigenvalue weighted by Crippen LogP contribution is -2.48. The van der Waals surface area contributed by atoms with Gasteiger partial charge in [0.25, 0.3) is 0 Å². The number of nitrogens with one attached hydrogen (secondary N) is 1. The number of aliphatic carboxylic acids is 1. The average molecular weight is 303 g/mol. The van der Waals surface area contributed by atoms with E-state index in [0.29, 0.717) is 25.7 Å². The van der Waals surface area contributed by atoms with E-state index in [1.54, 1.807) is 0 Å². The van der Waals surface area contributed by atoms with Crippen LogP contribution in [0.4, 0.5) is 0 Å². The summed E-state index contributed by atoms with van der Waals surface area (Å²) in [5.41, 5.74) is 0. The molecule has 2 fully saturated rings. The Kier molecular flexibility index (Phi) is 4.67. The third kappa shape index (κ3) is 3.71. The zero-order chi connectivity index (χ0) is 14.8. The van der Waals surface area contributed by atoms with Gasteiger partial charge in [0.1, 0.15) is 0 Å². The molecule has 0 aromatic carbocycles. The smallest absolute Gasteiger partial charge is 0.307 e. The molecule has 1 saturated carbocycles. The number of carbonyl (C=O) groups excluding carboxylic acids is 1. The number of carbonyl (C=O) groups is 2. The number of sulfone groups is 1. The molecule has 2 aliphatic rings. The molecule has 0 aromatic heterocycles. The Balaban J connectivity index is 1.98. The fraction of sp³-hybridized carbons (Fsp3) is 0.846. The summed E-state index contributed by atoms with van der Waals surface area (Å²) < 4.78 is 23.1. The second-order valence-electron chi connectivity index (χ2n) is 5.80. The lowest BCUT2D eigenvalue weighted by Gasteiger charge is -2.30. The van der Waals surface area contributed by atoms with Gasteiger partial charge in [0, 0.05) is 6.04 Å². The van der Waals surface area contributed by atoms with E-state index in [2.05, 4.69) is 5.32 Å². The molecule has 1 aliphatic carbocycles. The minimum Gasteiger partial charge on any atom is -0.481 e. The van der Waals surface area contributed by atoms with Gasteiger partial charge in [0.15, 0.2) is 9.84 Å². The highest BCUT2D eigenvalue weighted by Gasteiger charge is 2.37. The number of amides is 1. The summed E-state index contributed by atoms with van der Waals surface area (Å²) in [7, 11) is -3.07. The van der Waals surface area contributed by atoms with Crippen molar-refractivity contribution in [1.29, 1.82) is 0 Å². The van der Waals surface area contributed by atoms with Crippen molar-refractivity contribution in [3.63, 3.8) is 0 Å². The van der Waals surface area contributed by atoms with Crippen LogP contribution in [-0.2, 0) is 19.4 Å². The molecule has 3 atom stereocenters. The van der Waals surface area contributed by atoms with Gasteiger partial charge in [0.05, 0.1) is 23.3 Å². The van der Waals surface area contributed by atoms with Gasteiger partial charge in [0.2, 0.25) is 5.91 Å². The van der Waals surface area contributed by atoms with Gasteiger partial charge in [-0.2, -0.15) is 0 Å². The van der Waals surface area contributed by atoms with Crippen LogP contribution < -0.4 is 5.32 Å². The monoisotopic (exact) mass is 303 g/mol. The molecule has 1 heterocycles. The third-order valence-electron chi connectivity index (χ3n) is 4.23. The van der Waals surface area contributed by atoms with Gasteiger partial charge in [-0.15, -0.1) is 0 Å². The van der Waals surface area contributed by atoms with Gasteiger partial charge < -0.3 is 10.4 Å². The molecule has 7 heteroatoms. The molecule has 0 spiro atoms. The molecule has 20 heavy (non-hydrogen) atoms. The highest BCUT2D eigenvalue weighted by atomic mass is 32.2. The Labute approximate surface area is 118 Å². The number of hydrogen-bond acceptors (Lipinski definition) is 4. The minimum atomic E-state index is -3.07. The standard InChI is InChI=1S/C13H21NO5S/c15-12(10-5-1-2-6-11(10)13(16)17)14-9-4-3-7-20(18,19)8-9/h9-11H,1-8H2,(H,14,15)(H,16,17)/t9?,10-,11+/m1/s1. The van der Waals surface area contributed by atoms with Gasteiger partial charge in [-0.1, -0.05) is 12.8 Å². The summed E-state index contributed by atoms with van der Waals surface area (Å²) in [5.74, 6) is -2.22. The SMILES string of the molecule is O=C(O)[C@H]1CCCC[C@H]1C(=O)NC1CCCS(=O)(=O)C1. The maximum Gasteiger partial charge on any atom is 0.307 e. The zero-order valence-corrected chi connectivity index (χ0v) is 12.2. The predicted octanol–water partition coefficient (Wildman–Crippen LogP) is 0.571. The van der Waals surface area contributed by atoms with Crippen LogP contribution in [0.3, 0.4) is 0 Å². The molecule has 0 radical (unpaired) electrons. The lowest BCUT2D eigenvalue weighted by molar-refractivity contribution is -0.149. The van der Waals surface area contributed by atoms with E-state index in [-0.39, 0.29) is 23.5 Å². The molecular formula is C13H21NO5S. The van der Waals surface area contributed by atoms with Crippen LogP contribution in [0.25, 0.3) is 0 Å². The fourth-order valence-electron chi connectivity index (χ4n) is 3.19. The molecule has 1 saturated heterocycles. The number of rotatable bonds is 3. The van der Waals surface area contributed by atoms with Gasteiger partial charge in [-0.3, -0.25) is 9.59 Å². The Hall–Kier alpha value is -1.11. The maximum absolute atomic E-state index is 12.2. The first-order chi connectivity index (χ1) is 9.39. The molecule has 2 rings (SSSR count). The lowest BCUT2D eigenvalue weighted by atomic mass is 9.78. The first-order valence-corrected chi connectivity index (χ1v) is 8.95. The van der Waals surface area contributed by atoms with E-state index in [1.807, 2.05) is 0 Å². The molecule has 0 aromatic rings. The van der Waals surface area contributed by atoms with E-state index >= 15 is 0 Å². The van der Waals surface area contributed by atoms with E-state index < -0.39 is 27.6 Å². The molecule has 2 N–H and O–H groups in total. The van der Waals surface area contributed by atoms with Crippen LogP contribution >= 0.6 is 0 Å². The molecule has 6 nitrogen and oxygen atoms in total. The average Bonchev–Trinajstić information content (AvgIpc) is 2.37. The van der Waals surface area contributed by atoms with Crippen molar-refractivity contribution in [2.75, 3.05) is 11.5 Å². The maximum atomic E-state index is 12.2. The van der Waals surface area contributed by atoms with E-state index in [4.69, 9.17) is 0 Å². The number of carboxylic acids is 1. The number of carboxylic acid groups (broad SMARTS) is 1. The molecular weight excluding hydrogens is 282 g/mol. The molecule has 1 aliphatic heterocycles. The Morgan fingerprint density at radius 3 is 2.25 bits per heavy atom. The fourth-order valence-corrected chi connectivity index (χ4v) is 4.82. The Morgan fingerprint density at radius 2 is 1.65 bits per heavy atom. The zero-order valence-electron chi connectivity index (χ0n) is 11.4. The van der Waals surface area contributed by atoms with Gasteiger partial charge in [-0.05, 0) is 25.7 Å². The second kappa shape index (κ2) is 6.11. The summed E-state index contributed by atoms with van der Waals surface area (Å²) in [6.45, 7) is 0. The van der Waals surface area contributed by atoms with Crippen molar-refractivity contribution < 1.29 is 23.1 Å². The highest BCUT2D eigenvalue weighted by molar-refractivity contribution is 7.91. The molecule has 1 amide bonds. The first-order valence-electron chi connectivity index (χ1n) is 7.12. The van der Waals surface area contributed by atoms with Crippen molar-refractivity contribution in [3.8, 4) is 0 Å². The van der Waals surface area contributed by atoms with Crippen molar-refractivity contribution >= 4 is 21.7 Å². The van der Waals surface area contributed by atoms with Crippen molar-refractivity contribution in [2.45, 2.75) is 44.6 Å². The van der Waals surface area contributed by atoms with E-state index in [1.165, 1.54) is 0 Å². The van der Waals surface area contributed by atoms with Crippen LogP contribution in [0, 0.1) is 11.8 Å². The molecule has 0 bridgehead atoms. The van der Waals surface area contributed by atoms with Crippen molar-refractivity contribution in [2.24, 2.45) is 11.8 Å². The highest BCUT2D eigenvalue weighted by Crippen LogP contribution is 2.30. The minimum absolute atomic E-state index is 0.0246. The second-order valence-corrected chi connectivity index (χ2v) is 8.03. The van der Waals surface area contributed by atoms with Crippen LogP contribution in [0.2, 0.25) is 0 Å². The summed E-state index contributed by atoms with van der Waals surface area (Å²) in [6, 6.07) is -0.363. The van der Waals surface area contributed by atoms with Crippen molar-refractivity contribution in [3.05, 3.63) is 0 Å². The van der Waals surface area contributed by atoms with Gasteiger partial charge >= 0.3 is 5.97 Å². The van der Waals surface area contributed by atoms with E-state index in [0.717, 1.165) is 12.8 Å². The summed E-state index contributed by atoms with van der Waals surface area (Å²) in [5, 5.41) is 11.9. The first kappa shape index (κ1) is 15.3. The summed E-state index contributed by atoms with van der Waals surface area (Å²) >= 11 is 0. The predicted molar refractivity (Wildman–Crippen MR) is 72.9 cm³/mol. The van der Waals surface area contributed by atoms with Crippen LogP contribution in [0.1, 0.15) is 38.5 Å². The number of hydrogen-bond donors (Lipinski definition) is 2. The van der Waals surface area contributed by atoms with Gasteiger partial charge in [-0.25, -0.2) is 8.42 Å². The topological polar surface area (TPSA) is 101 Å². The Morgan fingerprint density at radius 1 is 1.00 bits per heavy atom. The normalized spacial score (nSPS) is 33.3. The Bertz CT molecular complexity index is 487. The summed E-state index contributed by atoms with van der Waals surface area (Å²) in [4.78, 5) is 23.4. The molecule has 1 unspecified atom stereocenters. The van der Waals surface area contributed by atoms with E-state index in [9.17, 15) is 23.1 Å².